The highest BCUT2D eigenvalue weighted by molar-refractivity contribution is 5.76. The summed E-state index contributed by atoms with van der Waals surface area (Å²) in [5.41, 5.74) is 1.92. The van der Waals surface area contributed by atoms with E-state index >= 15 is 0 Å². The third kappa shape index (κ3) is 3.99. The number of likely N-dealkylation sites (tertiary alicyclic amines) is 1. The van der Waals surface area contributed by atoms with Crippen molar-refractivity contribution in [1.82, 2.24) is 29.0 Å². The molecule has 0 aliphatic carbocycles. The Hall–Kier alpha value is -2.38. The smallest absolute Gasteiger partial charge is 0.339 e. The molecule has 3 heterocycles. The third-order valence-electron chi connectivity index (χ3n) is 5.26. The molecule has 3 rings (SSSR count). The van der Waals surface area contributed by atoms with Crippen LogP contribution in [0.1, 0.15) is 56.4 Å². The zero-order valence-corrected chi connectivity index (χ0v) is 16.8. The number of aryl methyl sites for hydroxylation is 3. The first kappa shape index (κ1) is 19.4. The van der Waals surface area contributed by atoms with Crippen molar-refractivity contribution in [2.45, 2.75) is 72.5 Å². The zero-order valence-electron chi connectivity index (χ0n) is 16.8. The summed E-state index contributed by atoms with van der Waals surface area (Å²) in [6.45, 7) is 9.98. The Morgan fingerprint density at radius 2 is 2.04 bits per heavy atom. The lowest BCUT2D eigenvalue weighted by Crippen LogP contribution is -2.36. The predicted molar refractivity (Wildman–Crippen MR) is 103 cm³/mol. The summed E-state index contributed by atoms with van der Waals surface area (Å²) in [4.78, 5) is 27.1. The highest BCUT2D eigenvalue weighted by atomic mass is 16.2. The van der Waals surface area contributed by atoms with Crippen molar-refractivity contribution in [2.24, 2.45) is 0 Å². The van der Waals surface area contributed by atoms with Crippen LogP contribution in [0.25, 0.3) is 0 Å². The maximum Gasteiger partial charge on any atom is 0.346 e. The lowest BCUT2D eigenvalue weighted by Gasteiger charge is -2.17. The summed E-state index contributed by atoms with van der Waals surface area (Å²) >= 11 is 0. The van der Waals surface area contributed by atoms with Crippen molar-refractivity contribution >= 4 is 5.91 Å². The summed E-state index contributed by atoms with van der Waals surface area (Å²) in [6, 6.07) is 2.26. The molecular weight excluding hydrogens is 344 g/mol. The van der Waals surface area contributed by atoms with E-state index in [4.69, 9.17) is 0 Å². The molecule has 1 fully saturated rings. The highest BCUT2D eigenvalue weighted by Crippen LogP contribution is 2.23. The molecule has 0 radical (unpaired) electrons. The first-order valence-electron chi connectivity index (χ1n) is 9.91. The summed E-state index contributed by atoms with van der Waals surface area (Å²) < 4.78 is 5.02. The number of nitrogens with zero attached hydrogens (tertiary/aromatic N) is 6. The number of aromatic nitrogens is 5. The molecule has 8 heteroatoms. The van der Waals surface area contributed by atoms with Gasteiger partial charge in [0.2, 0.25) is 5.91 Å². The van der Waals surface area contributed by atoms with Crippen molar-refractivity contribution in [3.63, 3.8) is 0 Å². The number of carbonyl (C=O) groups is 1. The van der Waals surface area contributed by atoms with Crippen molar-refractivity contribution in [3.8, 4) is 0 Å². The van der Waals surface area contributed by atoms with E-state index in [1.54, 1.807) is 4.57 Å². The van der Waals surface area contributed by atoms with Crippen molar-refractivity contribution in [3.05, 3.63) is 33.8 Å². The fraction of sp³-hybridized carbons (Fsp3) is 0.684. The summed E-state index contributed by atoms with van der Waals surface area (Å²) in [5.74, 6) is 0.725. The van der Waals surface area contributed by atoms with Gasteiger partial charge in [0.05, 0.1) is 11.7 Å². The second kappa shape index (κ2) is 8.10. The van der Waals surface area contributed by atoms with E-state index in [0.717, 1.165) is 42.9 Å². The van der Waals surface area contributed by atoms with Crippen molar-refractivity contribution < 1.29 is 4.79 Å². The maximum absolute atomic E-state index is 12.7. The largest absolute Gasteiger partial charge is 0.346 e. The van der Waals surface area contributed by atoms with E-state index in [-0.39, 0.29) is 24.2 Å². The molecule has 1 aliphatic rings. The first-order chi connectivity index (χ1) is 12.9. The normalized spacial score (nSPS) is 17.0. The molecule has 27 heavy (non-hydrogen) atoms. The van der Waals surface area contributed by atoms with Crippen LogP contribution in [0.3, 0.4) is 0 Å². The minimum Gasteiger partial charge on any atom is -0.339 e. The average Bonchev–Trinajstić information content (AvgIpc) is 3.31. The van der Waals surface area contributed by atoms with E-state index in [0.29, 0.717) is 19.6 Å². The Kier molecular flexibility index (Phi) is 5.82. The van der Waals surface area contributed by atoms with Crippen LogP contribution in [0.2, 0.25) is 0 Å². The molecule has 1 atom stereocenters. The molecule has 1 saturated heterocycles. The van der Waals surface area contributed by atoms with Gasteiger partial charge in [0.15, 0.2) is 0 Å². The summed E-state index contributed by atoms with van der Waals surface area (Å²) in [6.07, 6.45) is 3.68. The molecule has 0 aromatic carbocycles. The van der Waals surface area contributed by atoms with Crippen LogP contribution in [0.5, 0.6) is 0 Å². The van der Waals surface area contributed by atoms with Crippen LogP contribution < -0.4 is 5.69 Å². The maximum atomic E-state index is 12.7. The van der Waals surface area contributed by atoms with Gasteiger partial charge >= 0.3 is 5.69 Å². The second-order valence-corrected chi connectivity index (χ2v) is 7.36. The fourth-order valence-corrected chi connectivity index (χ4v) is 3.84. The highest BCUT2D eigenvalue weighted by Gasteiger charge is 2.29. The van der Waals surface area contributed by atoms with Gasteiger partial charge in [-0.25, -0.2) is 9.48 Å². The Morgan fingerprint density at radius 3 is 2.67 bits per heavy atom. The number of carbonyl (C=O) groups excluding carboxylic acids is 1. The van der Waals surface area contributed by atoms with E-state index in [1.807, 2.05) is 30.4 Å². The molecule has 148 valence electrons. The molecule has 0 bridgehead atoms. The molecule has 8 nitrogen and oxygen atoms in total. The van der Waals surface area contributed by atoms with Crippen LogP contribution in [-0.4, -0.2) is 48.0 Å². The van der Waals surface area contributed by atoms with E-state index in [1.165, 1.54) is 4.68 Å². The Morgan fingerprint density at radius 1 is 1.26 bits per heavy atom. The molecule has 1 amide bonds. The van der Waals surface area contributed by atoms with Gasteiger partial charge in [-0.2, -0.15) is 10.2 Å². The number of rotatable bonds is 7. The topological polar surface area (TPSA) is 78.0 Å². The van der Waals surface area contributed by atoms with E-state index in [2.05, 4.69) is 23.2 Å². The molecule has 2 aromatic rings. The molecule has 0 spiro atoms. The third-order valence-corrected chi connectivity index (χ3v) is 5.26. The van der Waals surface area contributed by atoms with E-state index < -0.39 is 0 Å². The van der Waals surface area contributed by atoms with Gasteiger partial charge in [-0.05, 0) is 39.7 Å². The molecular formula is C19H30N6O2. The lowest BCUT2D eigenvalue weighted by molar-refractivity contribution is -0.131. The number of hydrogen-bond donors (Lipinski definition) is 0. The predicted octanol–water partition coefficient (Wildman–Crippen LogP) is 1.69. The molecule has 1 aliphatic heterocycles. The molecule has 0 saturated carbocycles. The number of amides is 1. The standard InChI is InChI=1S/C19H30N6O2/c1-5-7-8-17-21-24(19(27)23(17)6-2)13-18(26)22-10-9-16(12-22)25-15(4)11-14(3)20-25/h11,16H,5-10,12-13H2,1-4H3/t16-/m1/s1. The molecule has 0 unspecified atom stereocenters. The summed E-state index contributed by atoms with van der Waals surface area (Å²) in [7, 11) is 0. The second-order valence-electron chi connectivity index (χ2n) is 7.36. The fourth-order valence-electron chi connectivity index (χ4n) is 3.84. The Balaban J connectivity index is 1.68. The van der Waals surface area contributed by atoms with Gasteiger partial charge in [0, 0.05) is 31.7 Å². The lowest BCUT2D eigenvalue weighted by atomic mass is 10.2. The van der Waals surface area contributed by atoms with Crippen LogP contribution in [-0.2, 0) is 24.3 Å². The SMILES string of the molecule is CCCCc1nn(CC(=O)N2CC[C@@H](n3nc(C)cc3C)C2)c(=O)n1CC. The van der Waals surface area contributed by atoms with Crippen molar-refractivity contribution in [1.29, 1.82) is 0 Å². The van der Waals surface area contributed by atoms with Gasteiger partial charge in [0.1, 0.15) is 12.4 Å². The Bertz CT molecular complexity index is 862. The van der Waals surface area contributed by atoms with Crippen LogP contribution >= 0.6 is 0 Å². The van der Waals surface area contributed by atoms with Gasteiger partial charge < -0.3 is 4.90 Å². The van der Waals surface area contributed by atoms with E-state index in [9.17, 15) is 9.59 Å². The zero-order chi connectivity index (χ0) is 19.6. The quantitative estimate of drug-likeness (QED) is 0.739. The van der Waals surface area contributed by atoms with Gasteiger partial charge in [-0.3, -0.25) is 14.0 Å². The minimum atomic E-state index is -0.189. The van der Waals surface area contributed by atoms with Crippen LogP contribution in [0.4, 0.5) is 0 Å². The monoisotopic (exact) mass is 374 g/mol. The number of hydrogen-bond acceptors (Lipinski definition) is 4. The Labute approximate surface area is 159 Å². The first-order valence-corrected chi connectivity index (χ1v) is 9.91. The number of unbranched alkanes of at least 4 members (excludes halogenated alkanes) is 1. The minimum absolute atomic E-state index is 0.00873. The van der Waals surface area contributed by atoms with Crippen LogP contribution in [0.15, 0.2) is 10.9 Å². The average molecular weight is 374 g/mol. The molecule has 2 aromatic heterocycles. The summed E-state index contributed by atoms with van der Waals surface area (Å²) in [5, 5.41) is 8.97. The van der Waals surface area contributed by atoms with Crippen molar-refractivity contribution in [2.75, 3.05) is 13.1 Å². The van der Waals surface area contributed by atoms with Gasteiger partial charge in [-0.15, -0.1) is 0 Å². The van der Waals surface area contributed by atoms with Gasteiger partial charge in [-0.1, -0.05) is 13.3 Å². The molecule has 0 N–H and O–H groups in total. The van der Waals surface area contributed by atoms with Gasteiger partial charge in [0.25, 0.3) is 0 Å². The van der Waals surface area contributed by atoms with Crippen LogP contribution in [0, 0.1) is 13.8 Å².